The maximum absolute atomic E-state index is 6.15. The van der Waals surface area contributed by atoms with Gasteiger partial charge in [0.05, 0.1) is 11.0 Å². The molecular weight excluding hydrogens is 282 g/mol. The maximum atomic E-state index is 6.15. The minimum atomic E-state index is -0.0947. The van der Waals surface area contributed by atoms with Gasteiger partial charge in [0.1, 0.15) is 5.82 Å². The summed E-state index contributed by atoms with van der Waals surface area (Å²) in [6.07, 6.45) is 0. The Bertz CT molecular complexity index is 792. The first-order valence-corrected chi connectivity index (χ1v) is 7.28. The first-order valence-electron chi connectivity index (χ1n) is 6.91. The fourth-order valence-corrected chi connectivity index (χ4v) is 2.88. The Hall–Kier alpha value is -2.00. The summed E-state index contributed by atoms with van der Waals surface area (Å²) in [5.74, 6) is 0.887. The summed E-state index contributed by atoms with van der Waals surface area (Å²) in [5, 5.41) is 0.623. The van der Waals surface area contributed by atoms with Crippen molar-refractivity contribution in [1.82, 2.24) is 9.55 Å². The fourth-order valence-electron chi connectivity index (χ4n) is 2.64. The zero-order chi connectivity index (χ0) is 15.2. The number of hydrogen-bond donors (Lipinski definition) is 1. The molecule has 3 aromatic rings. The Labute approximate surface area is 129 Å². The Balaban J connectivity index is 2.36. The predicted molar refractivity (Wildman–Crippen MR) is 89.6 cm³/mol. The molecule has 0 atom stereocenters. The number of fused-ring (bicyclic) bond motifs is 1. The van der Waals surface area contributed by atoms with Gasteiger partial charge in [-0.15, -0.1) is 0 Å². The number of rotatable bonds is 1. The second-order valence-electron chi connectivity index (χ2n) is 6.20. The maximum Gasteiger partial charge on any atom is 0.141 e. The molecule has 0 radical (unpaired) electrons. The van der Waals surface area contributed by atoms with E-state index in [1.807, 2.05) is 30.3 Å². The van der Waals surface area contributed by atoms with E-state index in [4.69, 9.17) is 22.3 Å². The second kappa shape index (κ2) is 4.78. The van der Waals surface area contributed by atoms with Crippen molar-refractivity contribution < 1.29 is 0 Å². The number of nitrogens with two attached hydrogens (primary N) is 1. The van der Waals surface area contributed by atoms with E-state index in [1.165, 1.54) is 0 Å². The summed E-state index contributed by atoms with van der Waals surface area (Å²) in [6, 6.07) is 13.7. The minimum absolute atomic E-state index is 0.0947. The van der Waals surface area contributed by atoms with Crippen LogP contribution < -0.4 is 5.73 Å². The molecule has 1 heterocycles. The highest BCUT2D eigenvalue weighted by atomic mass is 35.5. The van der Waals surface area contributed by atoms with Crippen molar-refractivity contribution in [3.8, 4) is 11.4 Å². The average molecular weight is 300 g/mol. The first-order chi connectivity index (χ1) is 9.86. The van der Waals surface area contributed by atoms with E-state index < -0.39 is 0 Å². The van der Waals surface area contributed by atoms with E-state index in [-0.39, 0.29) is 5.54 Å². The van der Waals surface area contributed by atoms with Crippen molar-refractivity contribution in [2.24, 2.45) is 0 Å². The molecule has 1 aromatic heterocycles. The van der Waals surface area contributed by atoms with Crippen LogP contribution in [-0.4, -0.2) is 9.55 Å². The number of nitrogens with zero attached hydrogens (tertiary/aromatic N) is 2. The summed E-state index contributed by atoms with van der Waals surface area (Å²) in [4.78, 5) is 4.78. The molecule has 0 amide bonds. The van der Waals surface area contributed by atoms with Gasteiger partial charge in [-0.2, -0.15) is 0 Å². The number of para-hydroxylation sites is 2. The number of hydrogen-bond acceptors (Lipinski definition) is 2. The molecule has 0 saturated carbocycles. The van der Waals surface area contributed by atoms with Gasteiger partial charge < -0.3 is 10.3 Å². The standard InChI is InChI=1S/C17H18ClN3/c1-17(2,3)21-15-7-5-4-6-14(15)20-16(21)11-8-12(18)10-13(19)9-11/h4-10H,19H2,1-3H3. The topological polar surface area (TPSA) is 43.8 Å². The molecule has 3 nitrogen and oxygen atoms in total. The van der Waals surface area contributed by atoms with Gasteiger partial charge in [-0.3, -0.25) is 0 Å². The lowest BCUT2D eigenvalue weighted by Crippen LogP contribution is -2.22. The average Bonchev–Trinajstić information content (AvgIpc) is 2.76. The number of aromatic nitrogens is 2. The van der Waals surface area contributed by atoms with Gasteiger partial charge in [-0.1, -0.05) is 23.7 Å². The molecule has 3 rings (SSSR count). The fraction of sp³-hybridized carbons (Fsp3) is 0.235. The number of anilines is 1. The third-order valence-corrected chi connectivity index (χ3v) is 3.63. The number of benzene rings is 2. The van der Waals surface area contributed by atoms with Gasteiger partial charge in [0, 0.05) is 21.8 Å². The smallest absolute Gasteiger partial charge is 0.141 e. The second-order valence-corrected chi connectivity index (χ2v) is 6.64. The largest absolute Gasteiger partial charge is 0.399 e. The van der Waals surface area contributed by atoms with E-state index in [9.17, 15) is 0 Å². The van der Waals surface area contributed by atoms with Crippen LogP contribution in [0.2, 0.25) is 5.02 Å². The van der Waals surface area contributed by atoms with Gasteiger partial charge >= 0.3 is 0 Å². The van der Waals surface area contributed by atoms with Crippen molar-refractivity contribution in [2.75, 3.05) is 5.73 Å². The van der Waals surface area contributed by atoms with Crippen molar-refractivity contribution in [3.05, 3.63) is 47.5 Å². The van der Waals surface area contributed by atoms with E-state index >= 15 is 0 Å². The molecule has 0 aliphatic heterocycles. The van der Waals surface area contributed by atoms with Crippen LogP contribution in [0.3, 0.4) is 0 Å². The van der Waals surface area contributed by atoms with Crippen LogP contribution in [0.25, 0.3) is 22.4 Å². The highest BCUT2D eigenvalue weighted by Gasteiger charge is 2.22. The lowest BCUT2D eigenvalue weighted by atomic mass is 10.1. The van der Waals surface area contributed by atoms with Crippen LogP contribution in [0.1, 0.15) is 20.8 Å². The first kappa shape index (κ1) is 14.0. The Morgan fingerprint density at radius 3 is 2.48 bits per heavy atom. The molecule has 0 fully saturated rings. The third kappa shape index (κ3) is 2.49. The summed E-state index contributed by atoms with van der Waals surface area (Å²) in [5.41, 5.74) is 9.50. The van der Waals surface area contributed by atoms with Gasteiger partial charge in [-0.25, -0.2) is 4.98 Å². The zero-order valence-corrected chi connectivity index (χ0v) is 13.1. The minimum Gasteiger partial charge on any atom is -0.399 e. The number of halogens is 1. The Morgan fingerprint density at radius 2 is 1.81 bits per heavy atom. The number of imidazole rings is 1. The predicted octanol–water partition coefficient (Wildman–Crippen LogP) is 4.69. The van der Waals surface area contributed by atoms with Crippen molar-refractivity contribution in [3.63, 3.8) is 0 Å². The summed E-state index contributed by atoms with van der Waals surface area (Å²) < 4.78 is 2.23. The highest BCUT2D eigenvalue weighted by molar-refractivity contribution is 6.31. The van der Waals surface area contributed by atoms with Crippen LogP contribution >= 0.6 is 11.6 Å². The van der Waals surface area contributed by atoms with Crippen LogP contribution in [0.4, 0.5) is 5.69 Å². The van der Waals surface area contributed by atoms with E-state index in [1.54, 1.807) is 6.07 Å². The monoisotopic (exact) mass is 299 g/mol. The number of nitrogen functional groups attached to an aromatic ring is 1. The van der Waals surface area contributed by atoms with Crippen LogP contribution in [0.5, 0.6) is 0 Å². The van der Waals surface area contributed by atoms with Crippen LogP contribution in [0, 0.1) is 0 Å². The molecule has 108 valence electrons. The van der Waals surface area contributed by atoms with Crippen LogP contribution in [0.15, 0.2) is 42.5 Å². The molecular formula is C17H18ClN3. The normalized spacial score (nSPS) is 12.0. The molecule has 0 bridgehead atoms. The Morgan fingerprint density at radius 1 is 1.10 bits per heavy atom. The van der Waals surface area contributed by atoms with Gasteiger partial charge in [0.15, 0.2) is 0 Å². The van der Waals surface area contributed by atoms with Gasteiger partial charge in [-0.05, 0) is 51.1 Å². The summed E-state index contributed by atoms with van der Waals surface area (Å²) in [6.45, 7) is 6.50. The summed E-state index contributed by atoms with van der Waals surface area (Å²) in [7, 11) is 0. The molecule has 0 unspecified atom stereocenters. The lowest BCUT2D eigenvalue weighted by molar-refractivity contribution is 0.413. The van der Waals surface area contributed by atoms with Crippen molar-refractivity contribution >= 4 is 28.3 Å². The molecule has 0 spiro atoms. The molecule has 0 aliphatic rings. The SMILES string of the molecule is CC(C)(C)n1c(-c2cc(N)cc(Cl)c2)nc2ccccc21. The van der Waals surface area contributed by atoms with Crippen LogP contribution in [-0.2, 0) is 5.54 Å². The molecule has 0 aliphatic carbocycles. The summed E-state index contributed by atoms with van der Waals surface area (Å²) >= 11 is 6.15. The molecule has 2 N–H and O–H groups in total. The zero-order valence-electron chi connectivity index (χ0n) is 12.4. The molecule has 2 aromatic carbocycles. The van der Waals surface area contributed by atoms with E-state index in [2.05, 4.69) is 31.4 Å². The highest BCUT2D eigenvalue weighted by Crippen LogP contribution is 2.33. The third-order valence-electron chi connectivity index (χ3n) is 3.41. The van der Waals surface area contributed by atoms with E-state index in [0.717, 1.165) is 22.4 Å². The van der Waals surface area contributed by atoms with Gasteiger partial charge in [0.2, 0.25) is 0 Å². The van der Waals surface area contributed by atoms with Gasteiger partial charge in [0.25, 0.3) is 0 Å². The van der Waals surface area contributed by atoms with E-state index in [0.29, 0.717) is 10.7 Å². The molecule has 21 heavy (non-hydrogen) atoms. The molecule has 0 saturated heterocycles. The van der Waals surface area contributed by atoms with Crippen molar-refractivity contribution in [2.45, 2.75) is 26.3 Å². The quantitative estimate of drug-likeness (QED) is 0.662. The lowest BCUT2D eigenvalue weighted by Gasteiger charge is -2.25. The Kier molecular flexibility index (Phi) is 3.18. The van der Waals surface area contributed by atoms with Crippen molar-refractivity contribution in [1.29, 1.82) is 0 Å². The molecule has 4 heteroatoms.